The molecule has 0 radical (unpaired) electrons. The molecule has 1 aromatic heterocycles. The standard InChI is InChI=1S/C12H21N3O3/c1-12(2,18-5)8-13-6-9-7-14(3)11(17)15(4)10(9)16/h7,13H,6,8H2,1-5H3. The van der Waals surface area contributed by atoms with E-state index in [0.29, 0.717) is 18.7 Å². The Morgan fingerprint density at radius 1 is 1.33 bits per heavy atom. The molecule has 0 aliphatic carbocycles. The molecule has 0 saturated carbocycles. The van der Waals surface area contributed by atoms with Crippen LogP contribution in [0.3, 0.4) is 0 Å². The summed E-state index contributed by atoms with van der Waals surface area (Å²) in [7, 11) is 4.75. The summed E-state index contributed by atoms with van der Waals surface area (Å²) in [6, 6.07) is 0. The van der Waals surface area contributed by atoms with Crippen molar-refractivity contribution in [3.8, 4) is 0 Å². The Balaban J connectivity index is 2.82. The minimum absolute atomic E-state index is 0.263. The number of methoxy groups -OCH3 is 1. The van der Waals surface area contributed by atoms with E-state index < -0.39 is 0 Å². The number of rotatable bonds is 5. The number of hydrogen-bond donors (Lipinski definition) is 1. The van der Waals surface area contributed by atoms with Gasteiger partial charge in [0.2, 0.25) is 0 Å². The van der Waals surface area contributed by atoms with Crippen molar-refractivity contribution < 1.29 is 4.74 Å². The molecule has 0 aliphatic heterocycles. The SMILES string of the molecule is COC(C)(C)CNCc1cn(C)c(=O)n(C)c1=O. The summed E-state index contributed by atoms with van der Waals surface area (Å²) in [5.74, 6) is 0. The van der Waals surface area contributed by atoms with Crippen molar-refractivity contribution in [1.29, 1.82) is 0 Å². The fraction of sp³-hybridized carbons (Fsp3) is 0.667. The van der Waals surface area contributed by atoms with Crippen molar-refractivity contribution >= 4 is 0 Å². The van der Waals surface area contributed by atoms with E-state index in [9.17, 15) is 9.59 Å². The van der Waals surface area contributed by atoms with Gasteiger partial charge in [-0.05, 0) is 13.8 Å². The van der Waals surface area contributed by atoms with Gasteiger partial charge >= 0.3 is 5.69 Å². The molecule has 0 fully saturated rings. The first-order valence-corrected chi connectivity index (χ1v) is 5.80. The van der Waals surface area contributed by atoms with Crippen LogP contribution in [0, 0.1) is 0 Å². The molecule has 0 atom stereocenters. The molecule has 6 heteroatoms. The number of aryl methyl sites for hydroxylation is 1. The van der Waals surface area contributed by atoms with Gasteiger partial charge in [0, 0.05) is 46.1 Å². The highest BCUT2D eigenvalue weighted by Crippen LogP contribution is 2.04. The van der Waals surface area contributed by atoms with Crippen LogP contribution in [0.5, 0.6) is 0 Å². The van der Waals surface area contributed by atoms with Crippen LogP contribution in [-0.2, 0) is 25.4 Å². The molecule has 6 nitrogen and oxygen atoms in total. The number of nitrogens with zero attached hydrogens (tertiary/aromatic N) is 2. The number of aromatic nitrogens is 2. The van der Waals surface area contributed by atoms with E-state index in [-0.39, 0.29) is 16.9 Å². The van der Waals surface area contributed by atoms with E-state index in [4.69, 9.17) is 4.74 Å². The molecule has 0 aliphatic rings. The smallest absolute Gasteiger partial charge is 0.330 e. The second-order valence-electron chi connectivity index (χ2n) is 4.98. The molecule has 0 amide bonds. The molecule has 0 bridgehead atoms. The Kier molecular flexibility index (Phi) is 4.48. The van der Waals surface area contributed by atoms with Gasteiger partial charge in [-0.25, -0.2) is 4.79 Å². The Labute approximate surface area is 106 Å². The van der Waals surface area contributed by atoms with Crippen LogP contribution in [0.15, 0.2) is 15.8 Å². The Bertz CT molecular complexity index is 528. The Morgan fingerprint density at radius 2 is 1.94 bits per heavy atom. The van der Waals surface area contributed by atoms with Crippen LogP contribution in [0.4, 0.5) is 0 Å². The third-order valence-corrected chi connectivity index (χ3v) is 2.94. The molecule has 0 saturated heterocycles. The van der Waals surface area contributed by atoms with E-state index in [2.05, 4.69) is 5.32 Å². The van der Waals surface area contributed by atoms with Gasteiger partial charge in [-0.1, -0.05) is 0 Å². The highest BCUT2D eigenvalue weighted by molar-refractivity contribution is 5.05. The molecule has 1 rings (SSSR count). The second-order valence-corrected chi connectivity index (χ2v) is 4.98. The molecule has 1 heterocycles. The zero-order chi connectivity index (χ0) is 13.9. The monoisotopic (exact) mass is 255 g/mol. The lowest BCUT2D eigenvalue weighted by molar-refractivity contribution is 0.0230. The van der Waals surface area contributed by atoms with Crippen LogP contribution < -0.4 is 16.6 Å². The van der Waals surface area contributed by atoms with E-state index in [1.165, 1.54) is 11.6 Å². The molecular weight excluding hydrogens is 234 g/mol. The first-order valence-electron chi connectivity index (χ1n) is 5.80. The lowest BCUT2D eigenvalue weighted by Crippen LogP contribution is -2.41. The average Bonchev–Trinajstić information content (AvgIpc) is 2.33. The highest BCUT2D eigenvalue weighted by Gasteiger charge is 2.15. The molecular formula is C12H21N3O3. The summed E-state index contributed by atoms with van der Waals surface area (Å²) >= 11 is 0. The van der Waals surface area contributed by atoms with Crippen molar-refractivity contribution in [2.24, 2.45) is 14.1 Å². The molecule has 0 spiro atoms. The zero-order valence-electron chi connectivity index (χ0n) is 11.6. The van der Waals surface area contributed by atoms with Crippen molar-refractivity contribution in [1.82, 2.24) is 14.5 Å². The fourth-order valence-corrected chi connectivity index (χ4v) is 1.57. The van der Waals surface area contributed by atoms with Crippen molar-refractivity contribution in [2.75, 3.05) is 13.7 Å². The quantitative estimate of drug-likeness (QED) is 0.777. The first-order chi connectivity index (χ1) is 8.28. The van der Waals surface area contributed by atoms with Gasteiger partial charge in [0.1, 0.15) is 0 Å². The van der Waals surface area contributed by atoms with Gasteiger partial charge in [-0.3, -0.25) is 9.36 Å². The van der Waals surface area contributed by atoms with Gasteiger partial charge in [0.15, 0.2) is 0 Å². The lowest BCUT2D eigenvalue weighted by Gasteiger charge is -2.23. The summed E-state index contributed by atoms with van der Waals surface area (Å²) < 4.78 is 7.78. The summed E-state index contributed by atoms with van der Waals surface area (Å²) in [6.45, 7) is 4.95. The lowest BCUT2D eigenvalue weighted by atomic mass is 10.1. The van der Waals surface area contributed by atoms with Crippen LogP contribution >= 0.6 is 0 Å². The van der Waals surface area contributed by atoms with Crippen LogP contribution in [0.2, 0.25) is 0 Å². The largest absolute Gasteiger partial charge is 0.377 e. The predicted molar refractivity (Wildman–Crippen MR) is 69.7 cm³/mol. The third-order valence-electron chi connectivity index (χ3n) is 2.94. The minimum Gasteiger partial charge on any atom is -0.377 e. The topological polar surface area (TPSA) is 65.3 Å². The van der Waals surface area contributed by atoms with Gasteiger partial charge in [0.25, 0.3) is 5.56 Å². The van der Waals surface area contributed by atoms with Crippen molar-refractivity contribution in [3.05, 3.63) is 32.6 Å². The average molecular weight is 255 g/mol. The fourth-order valence-electron chi connectivity index (χ4n) is 1.57. The molecule has 18 heavy (non-hydrogen) atoms. The number of ether oxygens (including phenoxy) is 1. The normalized spacial score (nSPS) is 11.8. The summed E-state index contributed by atoms with van der Waals surface area (Å²) in [5.41, 5.74) is -0.306. The van der Waals surface area contributed by atoms with Crippen LogP contribution in [0.1, 0.15) is 19.4 Å². The first kappa shape index (κ1) is 14.7. The van der Waals surface area contributed by atoms with Crippen LogP contribution in [0.25, 0.3) is 0 Å². The Hall–Kier alpha value is -1.40. The maximum Gasteiger partial charge on any atom is 0.330 e. The molecule has 0 unspecified atom stereocenters. The third kappa shape index (κ3) is 3.30. The molecule has 1 N–H and O–H groups in total. The summed E-state index contributed by atoms with van der Waals surface area (Å²) in [4.78, 5) is 23.4. The van der Waals surface area contributed by atoms with Gasteiger partial charge in [0.05, 0.1) is 5.60 Å². The predicted octanol–water partition coefficient (Wildman–Crippen LogP) is -0.401. The number of nitrogens with one attached hydrogen (secondary N) is 1. The Morgan fingerprint density at radius 3 is 2.50 bits per heavy atom. The minimum atomic E-state index is -0.319. The van der Waals surface area contributed by atoms with Crippen molar-refractivity contribution in [3.63, 3.8) is 0 Å². The molecule has 102 valence electrons. The van der Waals surface area contributed by atoms with Crippen LogP contribution in [-0.4, -0.2) is 28.4 Å². The summed E-state index contributed by atoms with van der Waals surface area (Å²) in [5, 5.41) is 3.15. The van der Waals surface area contributed by atoms with E-state index in [1.54, 1.807) is 20.4 Å². The van der Waals surface area contributed by atoms with E-state index in [1.807, 2.05) is 13.8 Å². The summed E-state index contributed by atoms with van der Waals surface area (Å²) in [6.07, 6.45) is 1.57. The van der Waals surface area contributed by atoms with E-state index in [0.717, 1.165) is 4.57 Å². The highest BCUT2D eigenvalue weighted by atomic mass is 16.5. The van der Waals surface area contributed by atoms with Crippen molar-refractivity contribution in [2.45, 2.75) is 26.0 Å². The second kappa shape index (κ2) is 5.49. The van der Waals surface area contributed by atoms with Gasteiger partial charge < -0.3 is 14.6 Å². The zero-order valence-corrected chi connectivity index (χ0v) is 11.6. The van der Waals surface area contributed by atoms with Gasteiger partial charge in [-0.15, -0.1) is 0 Å². The van der Waals surface area contributed by atoms with Gasteiger partial charge in [-0.2, -0.15) is 0 Å². The maximum absolute atomic E-state index is 11.8. The molecule has 1 aromatic rings. The maximum atomic E-state index is 11.8. The molecule has 0 aromatic carbocycles. The number of hydrogen-bond acceptors (Lipinski definition) is 4. The van der Waals surface area contributed by atoms with E-state index >= 15 is 0 Å².